The molecule has 16 nitrogen and oxygen atoms in total. The summed E-state index contributed by atoms with van der Waals surface area (Å²) in [6.07, 6.45) is 7.38. The van der Waals surface area contributed by atoms with E-state index in [-0.39, 0.29) is 18.1 Å². The second kappa shape index (κ2) is 22.6. The minimum absolute atomic E-state index is 0.0859. The first-order valence-electron chi connectivity index (χ1n) is 28.7. The number of nitrogens with one attached hydrogen (secondary N) is 4. The van der Waals surface area contributed by atoms with E-state index in [1.807, 2.05) is 78.9 Å². The van der Waals surface area contributed by atoms with Gasteiger partial charge in [0.2, 0.25) is 5.91 Å². The minimum atomic E-state index is -0.557. The number of carbonyl (C=O) groups is 2. The number of carbonyl (C=O) groups excluding carboxylic acids is 2. The van der Waals surface area contributed by atoms with Gasteiger partial charge in [-0.25, -0.2) is 28.1 Å². The molecule has 9 aromatic carbocycles. The quantitative estimate of drug-likeness (QED) is 0.0975. The van der Waals surface area contributed by atoms with Gasteiger partial charge in [0, 0.05) is 71.8 Å². The Morgan fingerprint density at radius 3 is 1.06 bits per heavy atom. The van der Waals surface area contributed by atoms with Gasteiger partial charge in [0.25, 0.3) is 16.7 Å². The summed E-state index contributed by atoms with van der Waals surface area (Å²) in [5, 5.41) is 4.59. The zero-order valence-electron chi connectivity index (χ0n) is 47.2. The lowest BCUT2D eigenvalue weighted by atomic mass is 9.87. The lowest BCUT2D eigenvalue weighted by molar-refractivity contribution is -0.121. The lowest BCUT2D eigenvalue weighted by Crippen LogP contribution is -2.32. The Kier molecular flexibility index (Phi) is 13.9. The maximum Gasteiger partial charge on any atom is 0.332 e. The second-order valence-corrected chi connectivity index (χ2v) is 21.8. The minimum Gasteiger partial charge on any atom is -0.333 e. The SMILES string of the molecule is O=C1CCC(c2ccc(-c3cc(-c4ccc(-n5c(=O)cc[nH]c5=O)cc4)cc(-c4ccc5c(c4)c4cc(-c6cc(-c7ccc(-n8c(=O)cc[nH]c8=O)cc7)cc(-c7ccc(-n8c(=O)cc[nH]c8=O)cc7)c6)ccc4n5-c4ccccc4)c3)cc2)C(=O)/C=C\N1. The van der Waals surface area contributed by atoms with Crippen molar-refractivity contribution >= 4 is 33.5 Å². The molecule has 14 rings (SSSR count). The number of hydrogen-bond donors (Lipinski definition) is 4. The van der Waals surface area contributed by atoms with Crippen molar-refractivity contribution in [2.75, 3.05) is 0 Å². The van der Waals surface area contributed by atoms with Crippen molar-refractivity contribution in [2.45, 2.75) is 18.8 Å². The summed E-state index contributed by atoms with van der Waals surface area (Å²) in [7, 11) is 0. The number of H-pyrrole nitrogens is 3. The number of para-hydroxylation sites is 1. The summed E-state index contributed by atoms with van der Waals surface area (Å²) in [5.74, 6) is -0.708. The molecule has 0 saturated heterocycles. The highest BCUT2D eigenvalue weighted by atomic mass is 16.2. The monoisotopic (exact) mass is 1170 g/mol. The fourth-order valence-electron chi connectivity index (χ4n) is 12.0. The van der Waals surface area contributed by atoms with E-state index in [1.165, 1.54) is 49.1 Å². The summed E-state index contributed by atoms with van der Waals surface area (Å²) < 4.78 is 5.49. The van der Waals surface area contributed by atoms with Gasteiger partial charge in [-0.3, -0.25) is 24.0 Å². The first-order valence-corrected chi connectivity index (χ1v) is 28.7. The maximum absolute atomic E-state index is 13.3. The standard InChI is InChI=1S/C73H50N8O8/c82-66-28-32-74-67(83)27-24-61(66)48-8-6-44(7-9-48)51-36-52(45-10-18-58(19-11-45)79-68(84)29-33-75-71(79)87)39-55(38-51)49-16-25-64-62(42-49)63-43-50(17-26-65(63)78(64)57-4-2-1-3-5-57)56-40-53(46-12-20-59(21-13-46)80-69(85)30-34-76-72(80)88)37-54(41-56)47-14-22-60(23-15-47)81-70(86)31-35-77-73(81)89/h1-23,25-26,28-43,61H,24,27H2,(H,74,83)(H,75,87)(H,76,88)(H,77,89)/b32-28-. The van der Waals surface area contributed by atoms with Gasteiger partial charge < -0.3 is 24.8 Å². The van der Waals surface area contributed by atoms with Crippen LogP contribution in [0.5, 0.6) is 0 Å². The van der Waals surface area contributed by atoms with E-state index in [2.05, 4.69) is 110 Å². The van der Waals surface area contributed by atoms with Crippen LogP contribution in [0.15, 0.2) is 278 Å². The van der Waals surface area contributed by atoms with Gasteiger partial charge in [0.05, 0.1) is 28.1 Å². The van der Waals surface area contributed by atoms with E-state index in [4.69, 9.17) is 0 Å². The van der Waals surface area contributed by atoms with Crippen LogP contribution in [-0.2, 0) is 9.59 Å². The van der Waals surface area contributed by atoms with E-state index in [0.717, 1.165) is 114 Å². The number of amides is 1. The Balaban J connectivity index is 0.919. The average molecular weight is 1170 g/mol. The van der Waals surface area contributed by atoms with E-state index >= 15 is 0 Å². The summed E-state index contributed by atoms with van der Waals surface area (Å²) >= 11 is 0. The Bertz CT molecular complexity index is 5190. The number of benzene rings is 9. The summed E-state index contributed by atoms with van der Waals surface area (Å²) in [4.78, 5) is 110. The van der Waals surface area contributed by atoms with Gasteiger partial charge in [0.15, 0.2) is 5.78 Å². The van der Waals surface area contributed by atoms with E-state index in [9.17, 15) is 38.4 Å². The number of aromatic nitrogens is 7. The average Bonchev–Trinajstić information content (AvgIpc) is 1.72. The lowest BCUT2D eigenvalue weighted by Gasteiger charge is -2.17. The number of aromatic amines is 3. The third kappa shape index (κ3) is 10.4. The number of hydrogen-bond acceptors (Lipinski definition) is 8. The molecule has 0 aliphatic carbocycles. The zero-order valence-corrected chi connectivity index (χ0v) is 47.2. The first kappa shape index (κ1) is 54.6. The van der Waals surface area contributed by atoms with Crippen LogP contribution >= 0.6 is 0 Å². The Labute approximate surface area is 504 Å². The van der Waals surface area contributed by atoms with Gasteiger partial charge >= 0.3 is 17.1 Å². The van der Waals surface area contributed by atoms with Crippen molar-refractivity contribution in [3.63, 3.8) is 0 Å². The first-order chi connectivity index (χ1) is 43.4. The molecule has 1 aliphatic rings. The molecule has 4 N–H and O–H groups in total. The Morgan fingerprint density at radius 1 is 0.326 bits per heavy atom. The molecule has 5 heterocycles. The molecule has 1 aliphatic heterocycles. The highest BCUT2D eigenvalue weighted by Crippen LogP contribution is 2.41. The summed E-state index contributed by atoms with van der Waals surface area (Å²) in [5.41, 5.74) is 12.3. The molecule has 0 radical (unpaired) electrons. The van der Waals surface area contributed by atoms with E-state index < -0.39 is 39.7 Å². The molecular weight excluding hydrogens is 1120 g/mol. The van der Waals surface area contributed by atoms with Crippen LogP contribution in [0.4, 0.5) is 0 Å². The normalized spacial score (nSPS) is 13.7. The van der Waals surface area contributed by atoms with Crippen molar-refractivity contribution < 1.29 is 9.59 Å². The van der Waals surface area contributed by atoms with Crippen LogP contribution in [0.2, 0.25) is 0 Å². The van der Waals surface area contributed by atoms with Crippen LogP contribution in [-0.4, -0.2) is 44.9 Å². The molecule has 1 unspecified atom stereocenters. The Hall–Kier alpha value is -12.3. The number of fused-ring (bicyclic) bond motifs is 3. The third-order valence-corrected chi connectivity index (χ3v) is 16.4. The highest BCUT2D eigenvalue weighted by molar-refractivity contribution is 6.12. The predicted molar refractivity (Wildman–Crippen MR) is 346 cm³/mol. The smallest absolute Gasteiger partial charge is 0.332 e. The maximum atomic E-state index is 13.3. The van der Waals surface area contributed by atoms with Gasteiger partial charge in [-0.15, -0.1) is 0 Å². The van der Waals surface area contributed by atoms with E-state index in [0.29, 0.717) is 23.5 Å². The zero-order chi connectivity index (χ0) is 60.9. The van der Waals surface area contributed by atoms with Crippen LogP contribution in [0.1, 0.15) is 24.3 Å². The molecule has 1 amide bonds. The number of nitrogens with zero attached hydrogens (tertiary/aromatic N) is 4. The fourth-order valence-corrected chi connectivity index (χ4v) is 12.0. The van der Waals surface area contributed by atoms with Crippen molar-refractivity contribution in [3.05, 3.63) is 317 Å². The summed E-state index contributed by atoms with van der Waals surface area (Å²) in [6.45, 7) is 0. The molecule has 0 bridgehead atoms. The molecule has 16 heteroatoms. The molecule has 430 valence electrons. The predicted octanol–water partition coefficient (Wildman–Crippen LogP) is 11.4. The second-order valence-electron chi connectivity index (χ2n) is 21.8. The van der Waals surface area contributed by atoms with Gasteiger partial charge in [-0.1, -0.05) is 91.0 Å². The van der Waals surface area contributed by atoms with E-state index in [1.54, 1.807) is 36.4 Å². The van der Waals surface area contributed by atoms with Crippen molar-refractivity contribution in [1.29, 1.82) is 0 Å². The molecule has 4 aromatic heterocycles. The number of rotatable bonds is 11. The molecule has 89 heavy (non-hydrogen) atoms. The molecular formula is C73H50N8O8. The molecule has 0 spiro atoms. The van der Waals surface area contributed by atoms with Crippen LogP contribution in [0, 0.1) is 0 Å². The largest absolute Gasteiger partial charge is 0.333 e. The van der Waals surface area contributed by atoms with Crippen molar-refractivity contribution in [3.8, 4) is 89.5 Å². The Morgan fingerprint density at radius 2 is 0.674 bits per heavy atom. The molecule has 1 atom stereocenters. The summed E-state index contributed by atoms with van der Waals surface area (Å²) in [6, 6.07) is 69.2. The number of allylic oxidation sites excluding steroid dienone is 1. The van der Waals surface area contributed by atoms with Crippen molar-refractivity contribution in [2.24, 2.45) is 0 Å². The third-order valence-electron chi connectivity index (χ3n) is 16.4. The van der Waals surface area contributed by atoms with Crippen LogP contribution in [0.3, 0.4) is 0 Å². The fraction of sp³-hybridized carbons (Fsp3) is 0.0411. The molecule has 0 fully saturated rings. The molecule has 0 saturated carbocycles. The van der Waals surface area contributed by atoms with Gasteiger partial charge in [0.1, 0.15) is 0 Å². The topological polar surface area (TPSA) is 216 Å². The van der Waals surface area contributed by atoms with Crippen LogP contribution < -0.4 is 39.1 Å². The van der Waals surface area contributed by atoms with Crippen LogP contribution in [0.25, 0.3) is 111 Å². The van der Waals surface area contributed by atoms with Gasteiger partial charge in [-0.05, 0) is 194 Å². The van der Waals surface area contributed by atoms with Crippen molar-refractivity contribution in [1.82, 2.24) is 38.5 Å². The highest BCUT2D eigenvalue weighted by Gasteiger charge is 2.23. The molecule has 13 aromatic rings. The van der Waals surface area contributed by atoms with Gasteiger partial charge in [-0.2, -0.15) is 0 Å². The number of ketones is 1.